The first-order valence-electron chi connectivity index (χ1n) is 23.2. The minimum atomic E-state index is -0.0351. The first-order valence-corrected chi connectivity index (χ1v) is 23.2. The van der Waals surface area contributed by atoms with Gasteiger partial charge in [0, 0.05) is 60.6 Å². The number of para-hydroxylation sites is 2. The molecule has 0 saturated heterocycles. The van der Waals surface area contributed by atoms with Gasteiger partial charge in [0.25, 0.3) is 6.71 Å². The second-order valence-corrected chi connectivity index (χ2v) is 17.9. The van der Waals surface area contributed by atoms with Gasteiger partial charge >= 0.3 is 0 Å². The van der Waals surface area contributed by atoms with E-state index >= 15 is 0 Å². The van der Waals surface area contributed by atoms with Crippen LogP contribution < -0.4 is 26.2 Å². The summed E-state index contributed by atoms with van der Waals surface area (Å²) in [6.45, 7) is 14.8. The molecule has 0 aromatic heterocycles. The lowest BCUT2D eigenvalue weighted by atomic mass is 9.33. The van der Waals surface area contributed by atoms with Crippen LogP contribution in [-0.2, 0) is 27.7 Å². The highest BCUT2D eigenvalue weighted by Gasteiger charge is 2.44. The summed E-state index contributed by atoms with van der Waals surface area (Å²) in [6.07, 6.45) is 17.4. The maximum absolute atomic E-state index is 5.55. The van der Waals surface area contributed by atoms with Gasteiger partial charge in [-0.1, -0.05) is 133 Å². The van der Waals surface area contributed by atoms with E-state index in [0.717, 1.165) is 39.3 Å². The Hall–Kier alpha value is -4.32. The van der Waals surface area contributed by atoms with Crippen molar-refractivity contribution in [2.75, 3.05) is 36.2 Å². The number of anilines is 6. The molecule has 2 aliphatic heterocycles. The lowest BCUT2D eigenvalue weighted by molar-refractivity contribution is 0.142. The van der Waals surface area contributed by atoms with E-state index in [1.807, 2.05) is 0 Å². The third kappa shape index (κ3) is 10.4. The number of nitrogens with zero attached hydrogens (tertiary/aromatic N) is 2. The van der Waals surface area contributed by atoms with Gasteiger partial charge in [-0.15, -0.1) is 0 Å². The Balaban J connectivity index is 1.21. The average molecular weight is 789 g/mol. The molecule has 5 aromatic carbocycles. The average Bonchev–Trinajstić information content (AvgIpc) is 3.25. The highest BCUT2D eigenvalue weighted by atomic mass is 16.5. The molecule has 0 radical (unpaired) electrons. The highest BCUT2D eigenvalue weighted by molar-refractivity contribution is 7.00. The van der Waals surface area contributed by atoms with Crippen molar-refractivity contribution in [2.45, 2.75) is 130 Å². The summed E-state index contributed by atoms with van der Waals surface area (Å²) in [5.41, 5.74) is 16.0. The molecule has 2 aliphatic rings. The van der Waals surface area contributed by atoms with E-state index < -0.39 is 0 Å². The summed E-state index contributed by atoms with van der Waals surface area (Å²) in [7, 11) is 0. The maximum atomic E-state index is 5.55. The zero-order valence-corrected chi connectivity index (χ0v) is 36.9. The molecule has 5 heteroatoms. The Labute approximate surface area is 357 Å². The Morgan fingerprint density at radius 2 is 0.949 bits per heavy atom. The number of aryl methyl sites for hydroxylation is 2. The van der Waals surface area contributed by atoms with Gasteiger partial charge in [0.1, 0.15) is 0 Å². The summed E-state index contributed by atoms with van der Waals surface area (Å²) in [4.78, 5) is 5.12. The van der Waals surface area contributed by atoms with E-state index in [-0.39, 0.29) is 12.1 Å². The number of hydrogen-bond donors (Lipinski definition) is 0. The predicted molar refractivity (Wildman–Crippen MR) is 255 cm³/mol. The summed E-state index contributed by atoms with van der Waals surface area (Å²) in [5.74, 6) is 0. The van der Waals surface area contributed by atoms with Gasteiger partial charge in [0.2, 0.25) is 0 Å². The summed E-state index contributed by atoms with van der Waals surface area (Å²) < 4.78 is 11.1. The van der Waals surface area contributed by atoms with Crippen LogP contribution in [0.25, 0.3) is 0 Å². The number of fused-ring (bicyclic) bond motifs is 4. The number of benzene rings is 5. The maximum Gasteiger partial charge on any atom is 0.252 e. The number of rotatable bonds is 22. The molecule has 0 atom stereocenters. The molecule has 0 fully saturated rings. The van der Waals surface area contributed by atoms with E-state index in [4.69, 9.17) is 9.47 Å². The lowest BCUT2D eigenvalue weighted by Gasteiger charge is -2.45. The van der Waals surface area contributed by atoms with Crippen molar-refractivity contribution in [3.63, 3.8) is 0 Å². The topological polar surface area (TPSA) is 24.9 Å². The van der Waals surface area contributed by atoms with Crippen LogP contribution in [0.5, 0.6) is 0 Å². The molecule has 5 aromatic rings. The molecule has 0 unspecified atom stereocenters. The number of unbranched alkanes of at least 4 members (excludes halogenated alkanes) is 10. The van der Waals surface area contributed by atoms with Gasteiger partial charge in [-0.05, 0) is 139 Å². The Morgan fingerprint density at radius 1 is 0.458 bits per heavy atom. The van der Waals surface area contributed by atoms with Crippen molar-refractivity contribution in [2.24, 2.45) is 0 Å². The van der Waals surface area contributed by atoms with Gasteiger partial charge < -0.3 is 19.3 Å². The van der Waals surface area contributed by atoms with Gasteiger partial charge in [-0.2, -0.15) is 0 Å². The minimum Gasteiger partial charge on any atom is -0.382 e. The SMILES string of the molecule is CCOCCCCCCCCc1ccc(N2c3ccccc3B3c4cc(CCCCCCCCOCC)ccc4N(c4ccccc4)c4cc(C(C)(C)C)cc2c43)cc1. The molecule has 2 heterocycles. The first-order chi connectivity index (χ1) is 28.9. The summed E-state index contributed by atoms with van der Waals surface area (Å²) in [5, 5.41) is 0. The predicted octanol–water partition coefficient (Wildman–Crippen LogP) is 12.9. The summed E-state index contributed by atoms with van der Waals surface area (Å²) >= 11 is 0. The monoisotopic (exact) mass is 789 g/mol. The van der Waals surface area contributed by atoms with Crippen LogP contribution in [0.1, 0.15) is 128 Å². The van der Waals surface area contributed by atoms with E-state index in [2.05, 4.69) is 154 Å². The van der Waals surface area contributed by atoms with Crippen molar-refractivity contribution >= 4 is 57.2 Å². The van der Waals surface area contributed by atoms with Gasteiger partial charge in [0.15, 0.2) is 0 Å². The molecule has 4 nitrogen and oxygen atoms in total. The van der Waals surface area contributed by atoms with Gasteiger partial charge in [0.05, 0.1) is 0 Å². The third-order valence-corrected chi connectivity index (χ3v) is 12.5. The van der Waals surface area contributed by atoms with Gasteiger partial charge in [-0.3, -0.25) is 0 Å². The fraction of sp³-hybridized carbons (Fsp3) is 0.444. The molecule has 0 aliphatic carbocycles. The molecule has 7 rings (SSSR count). The van der Waals surface area contributed by atoms with E-state index in [9.17, 15) is 0 Å². The number of hydrogen-bond acceptors (Lipinski definition) is 4. The fourth-order valence-corrected chi connectivity index (χ4v) is 9.30. The van der Waals surface area contributed by atoms with Crippen molar-refractivity contribution in [3.8, 4) is 0 Å². The van der Waals surface area contributed by atoms with Crippen LogP contribution in [0, 0.1) is 0 Å². The summed E-state index contributed by atoms with van der Waals surface area (Å²) in [6, 6.07) is 42.2. The second kappa shape index (κ2) is 20.8. The molecule has 0 amide bonds. The standard InChI is InChI=1S/C54H69BN2O2/c1-6-58-37-23-14-10-8-12-17-25-42-31-34-46(35-32-42)57-49-30-22-21-29-47(49)55-48-39-43(26-18-13-9-11-15-24-38-59-7-2)33-36-50(48)56(45-27-19-16-20-28-45)51-40-44(54(3,4)5)41-52(57)53(51)55/h16,19-22,27-36,39-41H,6-15,17-18,23-26,37-38H2,1-5H3. The van der Waals surface area contributed by atoms with Crippen LogP contribution in [0.2, 0.25) is 0 Å². The Kier molecular flexibility index (Phi) is 15.1. The zero-order valence-electron chi connectivity index (χ0n) is 36.9. The fourth-order valence-electron chi connectivity index (χ4n) is 9.30. The zero-order chi connectivity index (χ0) is 41.0. The second-order valence-electron chi connectivity index (χ2n) is 17.9. The van der Waals surface area contributed by atoms with Crippen LogP contribution in [0.3, 0.4) is 0 Å². The molecule has 0 bridgehead atoms. The molecule has 310 valence electrons. The van der Waals surface area contributed by atoms with Crippen LogP contribution in [0.4, 0.5) is 34.1 Å². The van der Waals surface area contributed by atoms with Crippen LogP contribution in [0.15, 0.2) is 109 Å². The quantitative estimate of drug-likeness (QED) is 0.0504. The van der Waals surface area contributed by atoms with Crippen molar-refractivity contribution in [1.29, 1.82) is 0 Å². The van der Waals surface area contributed by atoms with Crippen molar-refractivity contribution in [3.05, 3.63) is 126 Å². The largest absolute Gasteiger partial charge is 0.382 e. The van der Waals surface area contributed by atoms with Gasteiger partial charge in [-0.25, -0.2) is 0 Å². The van der Waals surface area contributed by atoms with Crippen LogP contribution >= 0.6 is 0 Å². The molecular formula is C54H69BN2O2. The molecule has 0 saturated carbocycles. The van der Waals surface area contributed by atoms with Crippen LogP contribution in [-0.4, -0.2) is 33.1 Å². The normalized spacial score (nSPS) is 13.1. The minimum absolute atomic E-state index is 0.0351. The van der Waals surface area contributed by atoms with E-state index in [1.165, 1.54) is 144 Å². The Morgan fingerprint density at radius 3 is 1.54 bits per heavy atom. The van der Waals surface area contributed by atoms with E-state index in [0.29, 0.717) is 0 Å². The molecular weight excluding hydrogens is 719 g/mol. The van der Waals surface area contributed by atoms with Crippen molar-refractivity contribution in [1.82, 2.24) is 0 Å². The first kappa shape index (κ1) is 42.8. The number of ether oxygens (including phenoxy) is 2. The lowest BCUT2D eigenvalue weighted by Crippen LogP contribution is -2.61. The highest BCUT2D eigenvalue weighted by Crippen LogP contribution is 2.46. The van der Waals surface area contributed by atoms with Crippen molar-refractivity contribution < 1.29 is 9.47 Å². The molecule has 0 spiro atoms. The molecule has 0 N–H and O–H groups in total. The Bertz CT molecular complexity index is 2070. The van der Waals surface area contributed by atoms with E-state index in [1.54, 1.807) is 0 Å². The smallest absolute Gasteiger partial charge is 0.252 e. The third-order valence-electron chi connectivity index (χ3n) is 12.5. The molecule has 59 heavy (non-hydrogen) atoms.